The first-order valence-corrected chi connectivity index (χ1v) is 10.5. The maximum Gasteiger partial charge on any atom is 0.227 e. The van der Waals surface area contributed by atoms with Gasteiger partial charge in [0.2, 0.25) is 11.7 Å². The Labute approximate surface area is 191 Å². The van der Waals surface area contributed by atoms with Crippen LogP contribution in [0.25, 0.3) is 0 Å². The van der Waals surface area contributed by atoms with Gasteiger partial charge in [-0.1, -0.05) is 23.7 Å². The minimum absolute atomic E-state index is 0.0506. The van der Waals surface area contributed by atoms with Gasteiger partial charge in [0.25, 0.3) is 0 Å². The number of methoxy groups -OCH3 is 3. The molecule has 0 N–H and O–H groups in total. The van der Waals surface area contributed by atoms with E-state index in [1.165, 1.54) is 26.4 Å². The van der Waals surface area contributed by atoms with E-state index in [4.69, 9.17) is 35.3 Å². The number of hydrogen-bond donors (Lipinski definition) is 0. The van der Waals surface area contributed by atoms with Crippen LogP contribution in [0.5, 0.6) is 17.2 Å². The van der Waals surface area contributed by atoms with E-state index in [9.17, 15) is 9.18 Å². The van der Waals surface area contributed by atoms with Crippen molar-refractivity contribution in [1.29, 1.82) is 0 Å². The quantitative estimate of drug-likeness (QED) is 0.562. The number of ether oxygens (including phenoxy) is 5. The molecule has 1 aliphatic heterocycles. The maximum atomic E-state index is 13.2. The van der Waals surface area contributed by atoms with Crippen LogP contribution in [0, 0.1) is 5.82 Å². The van der Waals surface area contributed by atoms with Crippen LogP contribution in [0.2, 0.25) is 5.02 Å². The topological polar surface area (TPSA) is 66.5 Å². The number of amides is 1. The van der Waals surface area contributed by atoms with Crippen LogP contribution in [-0.4, -0.2) is 64.5 Å². The lowest BCUT2D eigenvalue weighted by atomic mass is 10.1. The Morgan fingerprint density at radius 3 is 2.56 bits per heavy atom. The van der Waals surface area contributed by atoms with Gasteiger partial charge in [0.05, 0.1) is 53.7 Å². The number of morpholine rings is 1. The van der Waals surface area contributed by atoms with Crippen molar-refractivity contribution < 1.29 is 32.9 Å². The Bertz CT molecular complexity index is 941. The van der Waals surface area contributed by atoms with Crippen LogP contribution < -0.4 is 14.2 Å². The van der Waals surface area contributed by atoms with Gasteiger partial charge in [-0.3, -0.25) is 4.79 Å². The third kappa shape index (κ3) is 5.82. The molecule has 2 aromatic carbocycles. The number of benzene rings is 2. The molecule has 1 saturated heterocycles. The first-order chi connectivity index (χ1) is 15.5. The Morgan fingerprint density at radius 1 is 1.12 bits per heavy atom. The van der Waals surface area contributed by atoms with Gasteiger partial charge in [0.1, 0.15) is 5.82 Å². The zero-order valence-electron chi connectivity index (χ0n) is 18.4. The highest BCUT2D eigenvalue weighted by atomic mass is 35.5. The summed E-state index contributed by atoms with van der Waals surface area (Å²) < 4.78 is 40.8. The SMILES string of the molecule is COc1ccc(CC(=O)N2CCOC(COCc3ccc(F)cc3Cl)C2)c(OC)c1OC. The number of nitrogens with zero attached hydrogens (tertiary/aromatic N) is 1. The monoisotopic (exact) mass is 467 g/mol. The average Bonchev–Trinajstić information content (AvgIpc) is 2.80. The summed E-state index contributed by atoms with van der Waals surface area (Å²) in [5.41, 5.74) is 1.40. The summed E-state index contributed by atoms with van der Waals surface area (Å²) in [6.45, 7) is 1.84. The molecule has 0 spiro atoms. The fourth-order valence-electron chi connectivity index (χ4n) is 3.56. The van der Waals surface area contributed by atoms with E-state index in [-0.39, 0.29) is 31.6 Å². The van der Waals surface area contributed by atoms with E-state index >= 15 is 0 Å². The zero-order valence-corrected chi connectivity index (χ0v) is 19.1. The van der Waals surface area contributed by atoms with E-state index < -0.39 is 5.82 Å². The van der Waals surface area contributed by atoms with Gasteiger partial charge in [-0.2, -0.15) is 0 Å². The lowest BCUT2D eigenvalue weighted by Gasteiger charge is -2.33. The molecule has 1 heterocycles. The molecule has 174 valence electrons. The Morgan fingerprint density at radius 2 is 1.88 bits per heavy atom. The largest absolute Gasteiger partial charge is 0.493 e. The molecule has 0 aromatic heterocycles. The predicted molar refractivity (Wildman–Crippen MR) is 117 cm³/mol. The van der Waals surface area contributed by atoms with E-state index in [1.54, 1.807) is 30.2 Å². The fraction of sp³-hybridized carbons (Fsp3) is 0.435. The zero-order chi connectivity index (χ0) is 23.1. The van der Waals surface area contributed by atoms with Crippen LogP contribution >= 0.6 is 11.6 Å². The van der Waals surface area contributed by atoms with Crippen LogP contribution in [-0.2, 0) is 27.3 Å². The minimum atomic E-state index is -0.394. The summed E-state index contributed by atoms with van der Waals surface area (Å²) in [7, 11) is 4.60. The van der Waals surface area contributed by atoms with Crippen molar-refractivity contribution in [1.82, 2.24) is 4.90 Å². The highest BCUT2D eigenvalue weighted by molar-refractivity contribution is 6.31. The summed E-state index contributed by atoms with van der Waals surface area (Å²) in [6, 6.07) is 7.72. The molecule has 1 fully saturated rings. The third-order valence-corrected chi connectivity index (χ3v) is 5.55. The molecule has 1 atom stereocenters. The minimum Gasteiger partial charge on any atom is -0.493 e. The molecule has 0 aliphatic carbocycles. The molecule has 3 rings (SSSR count). The van der Waals surface area contributed by atoms with Crippen molar-refractivity contribution in [2.24, 2.45) is 0 Å². The van der Waals surface area contributed by atoms with Crippen LogP contribution in [0.3, 0.4) is 0 Å². The number of hydrogen-bond acceptors (Lipinski definition) is 6. The molecule has 0 radical (unpaired) electrons. The lowest BCUT2D eigenvalue weighted by Crippen LogP contribution is -2.47. The van der Waals surface area contributed by atoms with Gasteiger partial charge in [0.15, 0.2) is 11.5 Å². The van der Waals surface area contributed by atoms with Gasteiger partial charge in [-0.05, 0) is 23.8 Å². The summed E-state index contributed by atoms with van der Waals surface area (Å²) >= 11 is 6.03. The van der Waals surface area contributed by atoms with Gasteiger partial charge in [-0.15, -0.1) is 0 Å². The normalized spacial score (nSPS) is 16.0. The van der Waals surface area contributed by atoms with Crippen molar-refractivity contribution in [2.75, 3.05) is 47.6 Å². The van der Waals surface area contributed by atoms with Gasteiger partial charge in [0, 0.05) is 23.7 Å². The summed E-state index contributed by atoms with van der Waals surface area (Å²) in [4.78, 5) is 14.7. The molecule has 1 unspecified atom stereocenters. The highest BCUT2D eigenvalue weighted by Crippen LogP contribution is 2.40. The number of rotatable bonds is 9. The third-order valence-electron chi connectivity index (χ3n) is 5.20. The van der Waals surface area contributed by atoms with Crippen molar-refractivity contribution in [3.8, 4) is 17.2 Å². The molecular formula is C23H27ClFNO6. The van der Waals surface area contributed by atoms with Crippen molar-refractivity contribution in [3.63, 3.8) is 0 Å². The van der Waals surface area contributed by atoms with Crippen molar-refractivity contribution >= 4 is 17.5 Å². The fourth-order valence-corrected chi connectivity index (χ4v) is 3.78. The number of carbonyl (C=O) groups is 1. The number of carbonyl (C=O) groups excluding carboxylic acids is 1. The molecule has 1 amide bonds. The lowest BCUT2D eigenvalue weighted by molar-refractivity contribution is -0.140. The van der Waals surface area contributed by atoms with Crippen LogP contribution in [0.1, 0.15) is 11.1 Å². The Hall–Kier alpha value is -2.55. The summed E-state index contributed by atoms with van der Waals surface area (Å²) in [6.07, 6.45) is -0.110. The molecular weight excluding hydrogens is 441 g/mol. The standard InChI is InChI=1S/C23H27ClFNO6/c1-28-20-7-5-15(22(29-2)23(20)30-3)10-21(27)26-8-9-32-18(12-26)14-31-13-16-4-6-17(25)11-19(16)24/h4-7,11,18H,8-10,12-14H2,1-3H3. The second-order valence-electron chi connectivity index (χ2n) is 7.25. The van der Waals surface area contributed by atoms with Crippen LogP contribution in [0.4, 0.5) is 4.39 Å². The second-order valence-corrected chi connectivity index (χ2v) is 7.66. The van der Waals surface area contributed by atoms with Crippen molar-refractivity contribution in [3.05, 3.63) is 52.3 Å². The Kier molecular flexibility index (Phi) is 8.55. The molecule has 0 saturated carbocycles. The molecule has 2 aromatic rings. The molecule has 0 bridgehead atoms. The summed E-state index contributed by atoms with van der Waals surface area (Å²) in [5.74, 6) is 1.02. The average molecular weight is 468 g/mol. The van der Waals surface area contributed by atoms with E-state index in [0.717, 1.165) is 0 Å². The number of halogens is 2. The first-order valence-electron chi connectivity index (χ1n) is 10.2. The van der Waals surface area contributed by atoms with E-state index in [0.29, 0.717) is 53.1 Å². The van der Waals surface area contributed by atoms with Crippen LogP contribution in [0.15, 0.2) is 30.3 Å². The molecule has 1 aliphatic rings. The Balaban J connectivity index is 1.57. The van der Waals surface area contributed by atoms with E-state index in [1.807, 2.05) is 0 Å². The smallest absolute Gasteiger partial charge is 0.227 e. The highest BCUT2D eigenvalue weighted by Gasteiger charge is 2.26. The first kappa shape index (κ1) is 24.1. The van der Waals surface area contributed by atoms with Gasteiger partial charge >= 0.3 is 0 Å². The summed E-state index contributed by atoms with van der Waals surface area (Å²) in [5, 5.41) is 0.315. The maximum absolute atomic E-state index is 13.2. The second kappa shape index (κ2) is 11.4. The predicted octanol–water partition coefficient (Wildman–Crippen LogP) is 3.49. The van der Waals surface area contributed by atoms with Gasteiger partial charge < -0.3 is 28.6 Å². The van der Waals surface area contributed by atoms with Gasteiger partial charge in [-0.25, -0.2) is 4.39 Å². The van der Waals surface area contributed by atoms with Crippen molar-refractivity contribution in [2.45, 2.75) is 19.1 Å². The molecule has 9 heteroatoms. The molecule has 32 heavy (non-hydrogen) atoms. The van der Waals surface area contributed by atoms with E-state index in [2.05, 4.69) is 0 Å². The molecule has 7 nitrogen and oxygen atoms in total.